The number of halogens is 2. The molecule has 0 saturated heterocycles. The molecule has 84 valence electrons. The smallest absolute Gasteiger partial charge is 0.147 e. The molecule has 0 atom stereocenters. The van der Waals surface area contributed by atoms with Crippen molar-refractivity contribution >= 4 is 23.2 Å². The third-order valence-corrected chi connectivity index (χ3v) is 2.95. The number of pyridine rings is 1. The monoisotopic (exact) mass is 262 g/mol. The Labute approximate surface area is 109 Å². The van der Waals surface area contributed by atoms with E-state index in [1.54, 1.807) is 12.1 Å². The first kappa shape index (κ1) is 11.9. The molecular formula is C13H8Cl2N2. The van der Waals surface area contributed by atoms with Crippen LogP contribution in [0.3, 0.4) is 0 Å². The summed E-state index contributed by atoms with van der Waals surface area (Å²) in [6.07, 6.45) is 0. The number of hydrogen-bond acceptors (Lipinski definition) is 2. The van der Waals surface area contributed by atoms with Crippen LogP contribution in [0.1, 0.15) is 11.1 Å². The molecule has 0 aliphatic heterocycles. The molecule has 0 unspecified atom stereocenters. The van der Waals surface area contributed by atoms with Crippen LogP contribution in [-0.2, 0) is 0 Å². The van der Waals surface area contributed by atoms with Gasteiger partial charge in [0, 0.05) is 10.6 Å². The molecule has 0 aliphatic carbocycles. The minimum absolute atomic E-state index is 0.234. The average Bonchev–Trinajstić information content (AvgIpc) is 2.29. The summed E-state index contributed by atoms with van der Waals surface area (Å²) in [6.45, 7) is 1.84. The number of benzene rings is 1. The fourth-order valence-electron chi connectivity index (χ4n) is 1.54. The van der Waals surface area contributed by atoms with Gasteiger partial charge in [0.25, 0.3) is 0 Å². The molecule has 0 N–H and O–H groups in total. The van der Waals surface area contributed by atoms with Crippen molar-refractivity contribution in [3.63, 3.8) is 0 Å². The topological polar surface area (TPSA) is 36.7 Å². The van der Waals surface area contributed by atoms with Crippen molar-refractivity contribution in [3.8, 4) is 17.3 Å². The fourth-order valence-corrected chi connectivity index (χ4v) is 1.95. The molecule has 4 heteroatoms. The molecule has 2 rings (SSSR count). The van der Waals surface area contributed by atoms with Gasteiger partial charge in [-0.1, -0.05) is 35.3 Å². The molecule has 1 aromatic carbocycles. The van der Waals surface area contributed by atoms with Crippen molar-refractivity contribution in [1.82, 2.24) is 4.98 Å². The van der Waals surface area contributed by atoms with E-state index in [2.05, 4.69) is 4.98 Å². The first-order valence-electron chi connectivity index (χ1n) is 4.95. The van der Waals surface area contributed by atoms with Crippen molar-refractivity contribution in [2.75, 3.05) is 0 Å². The molecular weight excluding hydrogens is 255 g/mol. The third kappa shape index (κ3) is 2.41. The zero-order chi connectivity index (χ0) is 12.4. The van der Waals surface area contributed by atoms with Crippen molar-refractivity contribution < 1.29 is 0 Å². The summed E-state index contributed by atoms with van der Waals surface area (Å²) in [5, 5.41) is 9.81. The highest BCUT2D eigenvalue weighted by molar-refractivity contribution is 6.31. The molecule has 0 radical (unpaired) electrons. The first-order chi connectivity index (χ1) is 8.11. The minimum atomic E-state index is 0.234. The number of hydrogen-bond donors (Lipinski definition) is 0. The van der Waals surface area contributed by atoms with Crippen LogP contribution < -0.4 is 0 Å². The molecule has 1 heterocycles. The Bertz CT molecular complexity index is 575. The quantitative estimate of drug-likeness (QED) is 0.721. The van der Waals surface area contributed by atoms with Gasteiger partial charge in [0.1, 0.15) is 11.2 Å². The molecule has 2 nitrogen and oxygen atoms in total. The second-order valence-electron chi connectivity index (χ2n) is 3.61. The van der Waals surface area contributed by atoms with Gasteiger partial charge in [0.2, 0.25) is 0 Å². The standard InChI is InChI=1S/C13H8Cl2N2/c1-8-6-12(17-13(15)11(8)7-16)9-2-4-10(14)5-3-9/h2-6H,1H3. The third-order valence-electron chi connectivity index (χ3n) is 2.42. The van der Waals surface area contributed by atoms with Crippen LogP contribution in [0.2, 0.25) is 10.2 Å². The van der Waals surface area contributed by atoms with Crippen molar-refractivity contribution in [2.45, 2.75) is 6.92 Å². The summed E-state index contributed by atoms with van der Waals surface area (Å²) in [7, 11) is 0. The van der Waals surface area contributed by atoms with Gasteiger partial charge < -0.3 is 0 Å². The molecule has 0 saturated carbocycles. The van der Waals surface area contributed by atoms with E-state index in [1.807, 2.05) is 31.2 Å². The van der Waals surface area contributed by atoms with Crippen LogP contribution in [0, 0.1) is 18.3 Å². The Hall–Kier alpha value is -1.56. The number of aromatic nitrogens is 1. The van der Waals surface area contributed by atoms with Gasteiger partial charge in [-0.3, -0.25) is 0 Å². The predicted octanol–water partition coefficient (Wildman–Crippen LogP) is 4.24. The second kappa shape index (κ2) is 4.75. The molecule has 0 amide bonds. The van der Waals surface area contributed by atoms with Crippen LogP contribution in [-0.4, -0.2) is 4.98 Å². The molecule has 0 aliphatic rings. The van der Waals surface area contributed by atoms with E-state index in [-0.39, 0.29) is 5.15 Å². The molecule has 0 fully saturated rings. The van der Waals surface area contributed by atoms with Crippen LogP contribution in [0.4, 0.5) is 0 Å². The SMILES string of the molecule is Cc1cc(-c2ccc(Cl)cc2)nc(Cl)c1C#N. The highest BCUT2D eigenvalue weighted by Gasteiger charge is 2.08. The largest absolute Gasteiger partial charge is 0.235 e. The fraction of sp³-hybridized carbons (Fsp3) is 0.0769. The zero-order valence-electron chi connectivity index (χ0n) is 9.04. The Morgan fingerprint density at radius 3 is 2.35 bits per heavy atom. The van der Waals surface area contributed by atoms with Crippen molar-refractivity contribution in [1.29, 1.82) is 5.26 Å². The molecule has 0 bridgehead atoms. The number of nitriles is 1. The van der Waals surface area contributed by atoms with Gasteiger partial charge in [-0.2, -0.15) is 5.26 Å². The first-order valence-corrected chi connectivity index (χ1v) is 5.70. The van der Waals surface area contributed by atoms with E-state index < -0.39 is 0 Å². The number of aryl methyl sites for hydroxylation is 1. The number of nitrogens with zero attached hydrogens (tertiary/aromatic N) is 2. The Balaban J connectivity index is 2.55. The van der Waals surface area contributed by atoms with Gasteiger partial charge in [-0.05, 0) is 30.7 Å². The number of rotatable bonds is 1. The highest BCUT2D eigenvalue weighted by atomic mass is 35.5. The van der Waals surface area contributed by atoms with Crippen molar-refractivity contribution in [3.05, 3.63) is 51.6 Å². The summed E-state index contributed by atoms with van der Waals surface area (Å²) >= 11 is 11.8. The lowest BCUT2D eigenvalue weighted by atomic mass is 10.1. The average molecular weight is 263 g/mol. The van der Waals surface area contributed by atoms with Crippen LogP contribution in [0.25, 0.3) is 11.3 Å². The zero-order valence-corrected chi connectivity index (χ0v) is 10.5. The van der Waals surface area contributed by atoms with Crippen LogP contribution in [0.15, 0.2) is 30.3 Å². The van der Waals surface area contributed by atoms with Gasteiger partial charge in [0.15, 0.2) is 0 Å². The van der Waals surface area contributed by atoms with E-state index in [0.29, 0.717) is 10.6 Å². The lowest BCUT2D eigenvalue weighted by Crippen LogP contribution is -1.91. The van der Waals surface area contributed by atoms with Gasteiger partial charge in [-0.25, -0.2) is 4.98 Å². The minimum Gasteiger partial charge on any atom is -0.235 e. The summed E-state index contributed by atoms with van der Waals surface area (Å²) in [5.74, 6) is 0. The van der Waals surface area contributed by atoms with Crippen LogP contribution >= 0.6 is 23.2 Å². The molecule has 2 aromatic rings. The lowest BCUT2D eigenvalue weighted by Gasteiger charge is -2.05. The molecule has 1 aromatic heterocycles. The highest BCUT2D eigenvalue weighted by Crippen LogP contribution is 2.25. The van der Waals surface area contributed by atoms with Gasteiger partial charge in [-0.15, -0.1) is 0 Å². The normalized spacial score (nSPS) is 10.0. The summed E-state index contributed by atoms with van der Waals surface area (Å²) in [6, 6.07) is 11.2. The Morgan fingerprint density at radius 2 is 1.82 bits per heavy atom. The predicted molar refractivity (Wildman–Crippen MR) is 69.1 cm³/mol. The maximum atomic E-state index is 8.91. The van der Waals surface area contributed by atoms with Crippen molar-refractivity contribution in [2.24, 2.45) is 0 Å². The summed E-state index contributed by atoms with van der Waals surface area (Å²) in [5.41, 5.74) is 2.90. The van der Waals surface area contributed by atoms with Gasteiger partial charge >= 0.3 is 0 Å². The van der Waals surface area contributed by atoms with E-state index in [1.165, 1.54) is 0 Å². The lowest BCUT2D eigenvalue weighted by molar-refractivity contribution is 1.26. The van der Waals surface area contributed by atoms with Crippen LogP contribution in [0.5, 0.6) is 0 Å². The molecule has 17 heavy (non-hydrogen) atoms. The Morgan fingerprint density at radius 1 is 1.18 bits per heavy atom. The summed E-state index contributed by atoms with van der Waals surface area (Å²) < 4.78 is 0. The maximum Gasteiger partial charge on any atom is 0.147 e. The second-order valence-corrected chi connectivity index (χ2v) is 4.40. The van der Waals surface area contributed by atoms with E-state index in [0.717, 1.165) is 16.8 Å². The van der Waals surface area contributed by atoms with E-state index in [4.69, 9.17) is 28.5 Å². The van der Waals surface area contributed by atoms with Gasteiger partial charge in [0.05, 0.1) is 11.3 Å². The summed E-state index contributed by atoms with van der Waals surface area (Å²) in [4.78, 5) is 4.20. The van der Waals surface area contributed by atoms with E-state index >= 15 is 0 Å². The Kier molecular flexibility index (Phi) is 3.33. The molecule has 0 spiro atoms. The van der Waals surface area contributed by atoms with E-state index in [9.17, 15) is 0 Å². The maximum absolute atomic E-state index is 8.91.